The normalized spacial score (nSPS) is 29.5. The van der Waals surface area contributed by atoms with Gasteiger partial charge in [-0.2, -0.15) is 0 Å². The van der Waals surface area contributed by atoms with Crippen LogP contribution in [0.5, 0.6) is 0 Å². The Kier molecular flexibility index (Phi) is 7.14. The fraction of sp³-hybridized carbons (Fsp3) is 1.00. The van der Waals surface area contributed by atoms with Crippen LogP contribution in [0.4, 0.5) is 0 Å². The Labute approximate surface area is 107 Å². The molecule has 0 saturated heterocycles. The number of ether oxygens (including phenoxy) is 2. The molecule has 0 amide bonds. The Morgan fingerprint density at radius 2 is 1.94 bits per heavy atom. The highest BCUT2D eigenvalue weighted by molar-refractivity contribution is 4.81. The lowest BCUT2D eigenvalue weighted by atomic mass is 9.69. The fourth-order valence-electron chi connectivity index (χ4n) is 3.12. The Hall–Kier alpha value is -0.0800. The highest BCUT2D eigenvalue weighted by Gasteiger charge is 2.29. The molecule has 2 nitrogen and oxygen atoms in total. The van der Waals surface area contributed by atoms with E-state index in [1.165, 1.54) is 38.5 Å². The average Bonchev–Trinajstić information content (AvgIpc) is 2.27. The molecule has 1 aliphatic carbocycles. The first-order chi connectivity index (χ1) is 8.16. The number of hydrogen-bond acceptors (Lipinski definition) is 2. The van der Waals surface area contributed by atoms with E-state index in [2.05, 4.69) is 13.8 Å². The third-order valence-electron chi connectivity index (χ3n) is 3.96. The Morgan fingerprint density at radius 3 is 2.65 bits per heavy atom. The summed E-state index contributed by atoms with van der Waals surface area (Å²) < 4.78 is 10.8. The van der Waals surface area contributed by atoms with Gasteiger partial charge in [-0.15, -0.1) is 0 Å². The standard InChI is InChI=1S/C15H30O2/c1-4-16-11-12-17-10-6-9-15(3)8-5-7-14(2)13-15/h14H,4-13H2,1-3H3. The second-order valence-corrected chi connectivity index (χ2v) is 5.93. The molecule has 1 saturated carbocycles. The molecule has 2 unspecified atom stereocenters. The third kappa shape index (κ3) is 6.42. The highest BCUT2D eigenvalue weighted by Crippen LogP contribution is 2.42. The molecule has 0 spiro atoms. The zero-order valence-corrected chi connectivity index (χ0v) is 12.0. The van der Waals surface area contributed by atoms with Crippen molar-refractivity contribution < 1.29 is 9.47 Å². The van der Waals surface area contributed by atoms with Gasteiger partial charge in [-0.1, -0.05) is 26.7 Å². The van der Waals surface area contributed by atoms with Gasteiger partial charge in [-0.3, -0.25) is 0 Å². The zero-order valence-electron chi connectivity index (χ0n) is 12.0. The van der Waals surface area contributed by atoms with Gasteiger partial charge >= 0.3 is 0 Å². The minimum atomic E-state index is 0.584. The van der Waals surface area contributed by atoms with Crippen LogP contribution in [0.1, 0.15) is 59.3 Å². The summed E-state index contributed by atoms with van der Waals surface area (Å²) in [6.45, 7) is 10.1. The fourth-order valence-corrected chi connectivity index (χ4v) is 3.12. The van der Waals surface area contributed by atoms with Gasteiger partial charge in [0.2, 0.25) is 0 Å². The number of rotatable bonds is 8. The first kappa shape index (κ1) is 15.0. The van der Waals surface area contributed by atoms with E-state index in [0.717, 1.165) is 32.3 Å². The minimum Gasteiger partial charge on any atom is -0.379 e. The molecule has 1 fully saturated rings. The van der Waals surface area contributed by atoms with Crippen LogP contribution in [0.15, 0.2) is 0 Å². The summed E-state index contributed by atoms with van der Waals surface area (Å²) in [5.41, 5.74) is 0.584. The maximum absolute atomic E-state index is 5.57. The van der Waals surface area contributed by atoms with Crippen LogP contribution in [-0.2, 0) is 9.47 Å². The van der Waals surface area contributed by atoms with Crippen molar-refractivity contribution in [2.45, 2.75) is 59.3 Å². The van der Waals surface area contributed by atoms with Crippen molar-refractivity contribution in [2.24, 2.45) is 11.3 Å². The molecule has 0 aliphatic heterocycles. The van der Waals surface area contributed by atoms with Gasteiger partial charge in [0.15, 0.2) is 0 Å². The second-order valence-electron chi connectivity index (χ2n) is 5.93. The van der Waals surface area contributed by atoms with Crippen molar-refractivity contribution in [1.82, 2.24) is 0 Å². The van der Waals surface area contributed by atoms with E-state index in [9.17, 15) is 0 Å². The van der Waals surface area contributed by atoms with E-state index in [-0.39, 0.29) is 0 Å². The number of hydrogen-bond donors (Lipinski definition) is 0. The molecule has 1 aliphatic rings. The molecular weight excluding hydrogens is 212 g/mol. The van der Waals surface area contributed by atoms with Crippen LogP contribution in [0, 0.1) is 11.3 Å². The Balaban J connectivity index is 2.01. The minimum absolute atomic E-state index is 0.584. The van der Waals surface area contributed by atoms with Crippen molar-refractivity contribution in [3.63, 3.8) is 0 Å². The SMILES string of the molecule is CCOCCOCCCC1(C)CCCC(C)C1. The first-order valence-electron chi connectivity index (χ1n) is 7.32. The van der Waals surface area contributed by atoms with Gasteiger partial charge < -0.3 is 9.47 Å². The lowest BCUT2D eigenvalue weighted by molar-refractivity contribution is 0.0448. The van der Waals surface area contributed by atoms with Crippen molar-refractivity contribution >= 4 is 0 Å². The summed E-state index contributed by atoms with van der Waals surface area (Å²) in [5, 5.41) is 0. The van der Waals surface area contributed by atoms with Gasteiger partial charge in [0.25, 0.3) is 0 Å². The lowest BCUT2D eigenvalue weighted by Crippen LogP contribution is -2.25. The summed E-state index contributed by atoms with van der Waals surface area (Å²) in [6.07, 6.45) is 8.20. The van der Waals surface area contributed by atoms with Crippen LogP contribution >= 0.6 is 0 Å². The molecule has 2 atom stereocenters. The molecule has 0 aromatic carbocycles. The maximum Gasteiger partial charge on any atom is 0.0700 e. The van der Waals surface area contributed by atoms with Crippen molar-refractivity contribution in [1.29, 1.82) is 0 Å². The largest absolute Gasteiger partial charge is 0.379 e. The van der Waals surface area contributed by atoms with Gasteiger partial charge in [0.1, 0.15) is 0 Å². The molecule has 0 aromatic heterocycles. The third-order valence-corrected chi connectivity index (χ3v) is 3.96. The van der Waals surface area contributed by atoms with E-state index < -0.39 is 0 Å². The van der Waals surface area contributed by atoms with Crippen LogP contribution in [0.3, 0.4) is 0 Å². The van der Waals surface area contributed by atoms with E-state index in [4.69, 9.17) is 9.47 Å². The van der Waals surface area contributed by atoms with Gasteiger partial charge in [0.05, 0.1) is 13.2 Å². The monoisotopic (exact) mass is 242 g/mol. The zero-order chi connectivity index (χ0) is 12.6. The summed E-state index contributed by atoms with van der Waals surface area (Å²) >= 11 is 0. The summed E-state index contributed by atoms with van der Waals surface area (Å²) in [6, 6.07) is 0. The van der Waals surface area contributed by atoms with Crippen molar-refractivity contribution in [3.05, 3.63) is 0 Å². The van der Waals surface area contributed by atoms with Crippen LogP contribution in [0.2, 0.25) is 0 Å². The Bertz CT molecular complexity index is 193. The van der Waals surface area contributed by atoms with Crippen molar-refractivity contribution in [2.75, 3.05) is 26.4 Å². The van der Waals surface area contributed by atoms with Gasteiger partial charge in [-0.05, 0) is 43.9 Å². The average molecular weight is 242 g/mol. The van der Waals surface area contributed by atoms with Crippen LogP contribution in [0.25, 0.3) is 0 Å². The van der Waals surface area contributed by atoms with E-state index >= 15 is 0 Å². The van der Waals surface area contributed by atoms with Gasteiger partial charge in [-0.25, -0.2) is 0 Å². The topological polar surface area (TPSA) is 18.5 Å². The predicted octanol–water partition coefficient (Wildman–Crippen LogP) is 4.04. The van der Waals surface area contributed by atoms with Crippen LogP contribution in [-0.4, -0.2) is 26.4 Å². The molecule has 0 N–H and O–H groups in total. The summed E-state index contributed by atoms with van der Waals surface area (Å²) in [5.74, 6) is 0.924. The quantitative estimate of drug-likeness (QED) is 0.598. The molecule has 0 heterocycles. The summed E-state index contributed by atoms with van der Waals surface area (Å²) in [7, 11) is 0. The molecule has 0 radical (unpaired) electrons. The molecule has 17 heavy (non-hydrogen) atoms. The van der Waals surface area contributed by atoms with Crippen molar-refractivity contribution in [3.8, 4) is 0 Å². The molecule has 2 heteroatoms. The molecule has 1 rings (SSSR count). The summed E-state index contributed by atoms with van der Waals surface area (Å²) in [4.78, 5) is 0. The predicted molar refractivity (Wildman–Crippen MR) is 72.3 cm³/mol. The van der Waals surface area contributed by atoms with E-state index in [1.807, 2.05) is 6.92 Å². The van der Waals surface area contributed by atoms with Gasteiger partial charge in [0, 0.05) is 13.2 Å². The second kappa shape index (κ2) is 8.10. The van der Waals surface area contributed by atoms with E-state index in [0.29, 0.717) is 5.41 Å². The highest BCUT2D eigenvalue weighted by atomic mass is 16.5. The lowest BCUT2D eigenvalue weighted by Gasteiger charge is -2.37. The molecular formula is C15H30O2. The van der Waals surface area contributed by atoms with Crippen LogP contribution < -0.4 is 0 Å². The molecule has 0 aromatic rings. The maximum atomic E-state index is 5.57. The first-order valence-corrected chi connectivity index (χ1v) is 7.32. The smallest absolute Gasteiger partial charge is 0.0700 e. The molecule has 102 valence electrons. The Morgan fingerprint density at radius 1 is 1.18 bits per heavy atom. The van der Waals surface area contributed by atoms with E-state index in [1.54, 1.807) is 0 Å². The molecule has 0 bridgehead atoms.